The summed E-state index contributed by atoms with van der Waals surface area (Å²) in [5.41, 5.74) is 1.72. The molecular formula is C17H25N3O4S. The van der Waals surface area contributed by atoms with E-state index in [0.717, 1.165) is 24.2 Å². The molecule has 1 amide bonds. The number of anilines is 1. The molecule has 1 N–H and O–H groups in total. The first-order chi connectivity index (χ1) is 11.8. The van der Waals surface area contributed by atoms with Crippen molar-refractivity contribution in [3.8, 4) is 0 Å². The molecule has 0 bridgehead atoms. The van der Waals surface area contributed by atoms with Gasteiger partial charge in [-0.1, -0.05) is 12.1 Å². The Kier molecular flexibility index (Phi) is 5.43. The third kappa shape index (κ3) is 4.38. The predicted octanol–water partition coefficient (Wildman–Crippen LogP) is 1.26. The number of hydrogen-bond donors (Lipinski definition) is 1. The van der Waals surface area contributed by atoms with Crippen LogP contribution in [0.5, 0.6) is 0 Å². The summed E-state index contributed by atoms with van der Waals surface area (Å²) in [6.07, 6.45) is 1.25. The number of ether oxygens (including phenoxy) is 1. The number of benzene rings is 1. The molecule has 1 aromatic rings. The zero-order valence-corrected chi connectivity index (χ0v) is 15.5. The summed E-state index contributed by atoms with van der Waals surface area (Å²) in [5, 5.41) is 0. The van der Waals surface area contributed by atoms with Crippen LogP contribution in [0.15, 0.2) is 24.3 Å². The minimum absolute atomic E-state index is 0.113. The topological polar surface area (TPSA) is 79.0 Å². The van der Waals surface area contributed by atoms with Gasteiger partial charge in [-0.05, 0) is 38.0 Å². The molecule has 138 valence electrons. The summed E-state index contributed by atoms with van der Waals surface area (Å²) >= 11 is 0. The van der Waals surface area contributed by atoms with Crippen molar-refractivity contribution in [2.45, 2.75) is 45.4 Å². The molecule has 2 saturated heterocycles. The van der Waals surface area contributed by atoms with E-state index in [1.54, 1.807) is 4.90 Å². The van der Waals surface area contributed by atoms with Crippen LogP contribution in [0, 0.1) is 0 Å². The van der Waals surface area contributed by atoms with Crippen LogP contribution in [0.1, 0.15) is 32.3 Å². The molecular weight excluding hydrogens is 342 g/mol. The van der Waals surface area contributed by atoms with Crippen molar-refractivity contribution in [3.63, 3.8) is 0 Å². The second kappa shape index (κ2) is 7.41. The molecule has 0 aromatic heterocycles. The number of hydrogen-bond acceptors (Lipinski definition) is 4. The standard InChI is InChI=1S/C17H25N3O4S/c1-13-11-19(12-14(2)24-13)25(22,23)18-10-15-5-7-16(8-6-15)20-9-3-4-17(20)21/h5-8,13-14,18H,3-4,9-12H2,1-2H3/t13-,14+. The molecule has 3 rings (SSSR count). The number of nitrogens with one attached hydrogen (secondary N) is 1. The molecule has 0 saturated carbocycles. The first-order valence-corrected chi connectivity index (χ1v) is 10.1. The predicted molar refractivity (Wildman–Crippen MR) is 95.4 cm³/mol. The van der Waals surface area contributed by atoms with Gasteiger partial charge in [-0.2, -0.15) is 17.4 Å². The number of carbonyl (C=O) groups excluding carboxylic acids is 1. The average Bonchev–Trinajstić information content (AvgIpc) is 2.99. The lowest BCUT2D eigenvalue weighted by atomic mass is 10.2. The number of nitrogens with zero attached hydrogens (tertiary/aromatic N) is 2. The van der Waals surface area contributed by atoms with E-state index in [2.05, 4.69) is 4.72 Å². The van der Waals surface area contributed by atoms with Gasteiger partial charge in [0.15, 0.2) is 0 Å². The lowest BCUT2D eigenvalue weighted by Gasteiger charge is -2.34. The molecule has 0 radical (unpaired) electrons. The molecule has 2 aliphatic rings. The second-order valence-corrected chi connectivity index (χ2v) is 8.47. The van der Waals surface area contributed by atoms with Crippen molar-refractivity contribution >= 4 is 21.8 Å². The quantitative estimate of drug-likeness (QED) is 0.850. The van der Waals surface area contributed by atoms with Crippen molar-refractivity contribution in [2.24, 2.45) is 0 Å². The van der Waals surface area contributed by atoms with Gasteiger partial charge in [0, 0.05) is 38.3 Å². The van der Waals surface area contributed by atoms with Gasteiger partial charge in [0.05, 0.1) is 12.2 Å². The number of amides is 1. The van der Waals surface area contributed by atoms with Gasteiger partial charge < -0.3 is 9.64 Å². The lowest BCUT2D eigenvalue weighted by Crippen LogP contribution is -2.51. The van der Waals surface area contributed by atoms with Gasteiger partial charge in [-0.25, -0.2) is 0 Å². The SMILES string of the molecule is C[C@@H]1CN(S(=O)(=O)NCc2ccc(N3CCCC3=O)cc2)C[C@H](C)O1. The van der Waals surface area contributed by atoms with Crippen LogP contribution >= 0.6 is 0 Å². The molecule has 0 aliphatic carbocycles. The fourth-order valence-electron chi connectivity index (χ4n) is 3.31. The highest BCUT2D eigenvalue weighted by molar-refractivity contribution is 7.87. The van der Waals surface area contributed by atoms with E-state index in [0.29, 0.717) is 19.5 Å². The van der Waals surface area contributed by atoms with Crippen molar-refractivity contribution in [3.05, 3.63) is 29.8 Å². The van der Waals surface area contributed by atoms with Gasteiger partial charge in [-0.15, -0.1) is 0 Å². The molecule has 2 fully saturated rings. The summed E-state index contributed by atoms with van der Waals surface area (Å²) in [6, 6.07) is 7.44. The van der Waals surface area contributed by atoms with Crippen LogP contribution in [0.25, 0.3) is 0 Å². The maximum Gasteiger partial charge on any atom is 0.279 e. The smallest absolute Gasteiger partial charge is 0.279 e. The Balaban J connectivity index is 1.60. The van der Waals surface area contributed by atoms with Crippen molar-refractivity contribution < 1.29 is 17.9 Å². The minimum atomic E-state index is -3.54. The number of morpholine rings is 1. The first-order valence-electron chi connectivity index (χ1n) is 8.64. The second-order valence-electron chi connectivity index (χ2n) is 6.72. The average molecular weight is 367 g/mol. The highest BCUT2D eigenvalue weighted by Crippen LogP contribution is 2.21. The maximum atomic E-state index is 12.5. The minimum Gasteiger partial charge on any atom is -0.373 e. The molecule has 0 unspecified atom stereocenters. The van der Waals surface area contributed by atoms with E-state index in [1.807, 2.05) is 38.1 Å². The van der Waals surface area contributed by atoms with Gasteiger partial charge in [0.1, 0.15) is 0 Å². The fourth-order valence-corrected chi connectivity index (χ4v) is 4.65. The Morgan fingerprint density at radius 2 is 1.80 bits per heavy atom. The zero-order valence-electron chi connectivity index (χ0n) is 14.6. The monoisotopic (exact) mass is 367 g/mol. The highest BCUT2D eigenvalue weighted by Gasteiger charge is 2.30. The Labute approximate surface area is 149 Å². The first kappa shape index (κ1) is 18.3. The van der Waals surface area contributed by atoms with E-state index in [9.17, 15) is 13.2 Å². The summed E-state index contributed by atoms with van der Waals surface area (Å²) < 4.78 is 34.6. The van der Waals surface area contributed by atoms with Gasteiger partial charge in [0.2, 0.25) is 5.91 Å². The fraction of sp³-hybridized carbons (Fsp3) is 0.588. The maximum absolute atomic E-state index is 12.5. The molecule has 25 heavy (non-hydrogen) atoms. The van der Waals surface area contributed by atoms with Gasteiger partial charge in [0.25, 0.3) is 10.2 Å². The van der Waals surface area contributed by atoms with Crippen LogP contribution < -0.4 is 9.62 Å². The van der Waals surface area contributed by atoms with Crippen molar-refractivity contribution in [1.29, 1.82) is 0 Å². The third-order valence-corrected chi connectivity index (χ3v) is 5.99. The Morgan fingerprint density at radius 3 is 2.36 bits per heavy atom. The lowest BCUT2D eigenvalue weighted by molar-refractivity contribution is -0.117. The van der Waals surface area contributed by atoms with Gasteiger partial charge >= 0.3 is 0 Å². The Bertz CT molecular complexity index is 710. The van der Waals surface area contributed by atoms with Gasteiger partial charge in [-0.3, -0.25) is 4.79 Å². The normalized spacial score (nSPS) is 25.5. The van der Waals surface area contributed by atoms with Crippen LogP contribution in [0.4, 0.5) is 5.69 Å². The molecule has 2 aliphatic heterocycles. The largest absolute Gasteiger partial charge is 0.373 e. The van der Waals surface area contributed by atoms with Crippen molar-refractivity contribution in [2.75, 3.05) is 24.5 Å². The molecule has 0 spiro atoms. The number of rotatable bonds is 5. The van der Waals surface area contributed by atoms with Crippen molar-refractivity contribution in [1.82, 2.24) is 9.03 Å². The Hall–Kier alpha value is -1.48. The Morgan fingerprint density at radius 1 is 1.16 bits per heavy atom. The van der Waals surface area contributed by atoms with E-state index < -0.39 is 10.2 Å². The van der Waals surface area contributed by atoms with E-state index in [-0.39, 0.29) is 24.7 Å². The van der Waals surface area contributed by atoms with E-state index >= 15 is 0 Å². The zero-order chi connectivity index (χ0) is 18.0. The molecule has 7 nitrogen and oxygen atoms in total. The summed E-state index contributed by atoms with van der Waals surface area (Å²) in [5.74, 6) is 0.143. The van der Waals surface area contributed by atoms with Crippen LogP contribution in [-0.4, -0.2) is 50.5 Å². The summed E-state index contributed by atoms with van der Waals surface area (Å²) in [7, 11) is -3.54. The third-order valence-electron chi connectivity index (χ3n) is 4.51. The molecule has 2 heterocycles. The van der Waals surface area contributed by atoms with Crippen LogP contribution in [0.3, 0.4) is 0 Å². The summed E-state index contributed by atoms with van der Waals surface area (Å²) in [6.45, 7) is 5.42. The number of carbonyl (C=O) groups is 1. The van der Waals surface area contributed by atoms with Crippen LogP contribution in [-0.2, 0) is 26.3 Å². The van der Waals surface area contributed by atoms with E-state index in [4.69, 9.17) is 4.74 Å². The van der Waals surface area contributed by atoms with Crippen LogP contribution in [0.2, 0.25) is 0 Å². The van der Waals surface area contributed by atoms with E-state index in [1.165, 1.54) is 4.31 Å². The molecule has 1 aromatic carbocycles. The highest BCUT2D eigenvalue weighted by atomic mass is 32.2. The molecule has 8 heteroatoms. The summed E-state index contributed by atoms with van der Waals surface area (Å²) in [4.78, 5) is 13.5. The molecule has 2 atom stereocenters.